The van der Waals surface area contributed by atoms with Crippen molar-refractivity contribution in [3.63, 3.8) is 0 Å². The number of carbonyl (C=O) groups is 2. The van der Waals surface area contributed by atoms with Crippen molar-refractivity contribution >= 4 is 21.8 Å². The average Bonchev–Trinajstić information content (AvgIpc) is 3.04. The number of rotatable bonds is 4. The minimum absolute atomic E-state index is 0.0333. The Bertz CT molecular complexity index is 1300. The summed E-state index contributed by atoms with van der Waals surface area (Å²) in [6, 6.07) is 20.4. The van der Waals surface area contributed by atoms with E-state index in [1.165, 1.54) is 9.21 Å². The predicted octanol–water partition coefficient (Wildman–Crippen LogP) is 3.58. The van der Waals surface area contributed by atoms with Gasteiger partial charge in [0.25, 0.3) is 11.8 Å². The predicted molar refractivity (Wildman–Crippen MR) is 120 cm³/mol. The van der Waals surface area contributed by atoms with Crippen LogP contribution in [0.15, 0.2) is 77.7 Å². The molecule has 6 nitrogen and oxygen atoms in total. The number of fused-ring (bicyclic) bond motifs is 2. The minimum atomic E-state index is -3.83. The second-order valence-electron chi connectivity index (χ2n) is 8.16. The van der Waals surface area contributed by atoms with E-state index in [-0.39, 0.29) is 29.8 Å². The molecule has 0 N–H and O–H groups in total. The molecule has 0 saturated heterocycles. The Morgan fingerprint density at radius 1 is 0.844 bits per heavy atom. The number of carbonyl (C=O) groups excluding carboxylic acids is 2. The van der Waals surface area contributed by atoms with Gasteiger partial charge >= 0.3 is 0 Å². The molecule has 0 radical (unpaired) electrons. The van der Waals surface area contributed by atoms with Crippen LogP contribution in [0.1, 0.15) is 43.4 Å². The molecule has 162 valence electrons. The summed E-state index contributed by atoms with van der Waals surface area (Å²) in [5.41, 5.74) is 3.54. The molecule has 0 saturated carbocycles. The summed E-state index contributed by atoms with van der Waals surface area (Å²) in [4.78, 5) is 27.4. The third-order valence-electron chi connectivity index (χ3n) is 6.22. The van der Waals surface area contributed by atoms with Crippen molar-refractivity contribution in [1.82, 2.24) is 9.21 Å². The molecule has 2 amide bonds. The first-order chi connectivity index (χ1) is 15.4. The van der Waals surface area contributed by atoms with E-state index in [2.05, 4.69) is 0 Å². The van der Waals surface area contributed by atoms with Crippen LogP contribution in [0.25, 0.3) is 0 Å². The smallest absolute Gasteiger partial charge is 0.261 e. The van der Waals surface area contributed by atoms with Gasteiger partial charge in [0, 0.05) is 6.54 Å². The first kappa shape index (κ1) is 20.6. The normalized spacial score (nSPS) is 18.5. The van der Waals surface area contributed by atoms with Crippen molar-refractivity contribution < 1.29 is 18.0 Å². The van der Waals surface area contributed by atoms with Crippen LogP contribution in [-0.2, 0) is 16.4 Å². The van der Waals surface area contributed by atoms with E-state index in [1.54, 1.807) is 48.5 Å². The van der Waals surface area contributed by atoms with Gasteiger partial charge < -0.3 is 0 Å². The lowest BCUT2D eigenvalue weighted by Crippen LogP contribution is -2.46. The fourth-order valence-electron chi connectivity index (χ4n) is 4.53. The molecule has 0 fully saturated rings. The van der Waals surface area contributed by atoms with Gasteiger partial charge in [-0.05, 0) is 48.7 Å². The largest absolute Gasteiger partial charge is 0.272 e. The summed E-state index contributed by atoms with van der Waals surface area (Å²) >= 11 is 0. The number of nitrogens with zero attached hydrogens (tertiary/aromatic N) is 2. The zero-order chi connectivity index (χ0) is 22.5. The van der Waals surface area contributed by atoms with E-state index in [9.17, 15) is 18.0 Å². The van der Waals surface area contributed by atoms with Crippen LogP contribution in [0.5, 0.6) is 0 Å². The Labute approximate surface area is 187 Å². The molecule has 0 bridgehead atoms. The SMILES string of the molecule is Cc1ccc(S(=O)(=O)N2CCc3ccccc3[C@@H]2CN2C(=O)c3ccccc3C2=O)cc1. The van der Waals surface area contributed by atoms with Gasteiger partial charge in [-0.1, -0.05) is 54.1 Å². The fourth-order valence-corrected chi connectivity index (χ4v) is 6.13. The number of hydrogen-bond acceptors (Lipinski definition) is 4. The van der Waals surface area contributed by atoms with Crippen LogP contribution < -0.4 is 0 Å². The zero-order valence-electron chi connectivity index (χ0n) is 17.6. The van der Waals surface area contributed by atoms with E-state index in [4.69, 9.17) is 0 Å². The molecular weight excluding hydrogens is 424 g/mol. The molecule has 32 heavy (non-hydrogen) atoms. The number of amides is 2. The first-order valence-corrected chi connectivity index (χ1v) is 11.9. The van der Waals surface area contributed by atoms with Gasteiger partial charge in [-0.2, -0.15) is 4.31 Å². The van der Waals surface area contributed by atoms with Crippen molar-refractivity contribution in [3.8, 4) is 0 Å². The van der Waals surface area contributed by atoms with E-state index in [1.807, 2.05) is 31.2 Å². The minimum Gasteiger partial charge on any atom is -0.272 e. The van der Waals surface area contributed by atoms with Gasteiger partial charge in [0.2, 0.25) is 10.0 Å². The number of benzene rings is 3. The molecule has 0 unspecified atom stereocenters. The zero-order valence-corrected chi connectivity index (χ0v) is 18.4. The van der Waals surface area contributed by atoms with Gasteiger partial charge in [0.1, 0.15) is 0 Å². The fraction of sp³-hybridized carbons (Fsp3) is 0.200. The van der Waals surface area contributed by atoms with Gasteiger partial charge in [-0.3, -0.25) is 14.5 Å². The highest BCUT2D eigenvalue weighted by Gasteiger charge is 2.42. The highest BCUT2D eigenvalue weighted by atomic mass is 32.2. The van der Waals surface area contributed by atoms with Crippen LogP contribution in [0, 0.1) is 6.92 Å². The van der Waals surface area contributed by atoms with Crippen LogP contribution in [-0.4, -0.2) is 42.5 Å². The summed E-state index contributed by atoms with van der Waals surface area (Å²) in [5, 5.41) is 0. The Balaban J connectivity index is 1.56. The summed E-state index contributed by atoms with van der Waals surface area (Å²) < 4.78 is 28.7. The summed E-state index contributed by atoms with van der Waals surface area (Å²) in [6.45, 7) is 2.15. The van der Waals surface area contributed by atoms with Crippen molar-refractivity contribution in [1.29, 1.82) is 0 Å². The second kappa shape index (κ2) is 7.69. The Morgan fingerprint density at radius 2 is 1.44 bits per heavy atom. The van der Waals surface area contributed by atoms with Crippen LogP contribution in [0.3, 0.4) is 0 Å². The third kappa shape index (κ3) is 3.25. The molecular formula is C25H22N2O4S. The molecule has 1 atom stereocenters. The lowest BCUT2D eigenvalue weighted by atomic mass is 9.94. The highest BCUT2D eigenvalue weighted by molar-refractivity contribution is 7.89. The summed E-state index contributed by atoms with van der Waals surface area (Å²) in [7, 11) is -3.83. The van der Waals surface area contributed by atoms with Gasteiger partial charge in [0.15, 0.2) is 0 Å². The molecule has 3 aromatic rings. The Morgan fingerprint density at radius 3 is 2.09 bits per heavy atom. The van der Waals surface area contributed by atoms with Crippen molar-refractivity contribution in [2.24, 2.45) is 0 Å². The molecule has 2 aliphatic heterocycles. The molecule has 5 rings (SSSR count). The van der Waals surface area contributed by atoms with Crippen LogP contribution >= 0.6 is 0 Å². The molecule has 2 heterocycles. The van der Waals surface area contributed by atoms with Crippen LogP contribution in [0.2, 0.25) is 0 Å². The molecule has 0 aromatic heterocycles. The maximum Gasteiger partial charge on any atom is 0.261 e. The molecule has 0 spiro atoms. The quantitative estimate of drug-likeness (QED) is 0.574. The third-order valence-corrected chi connectivity index (χ3v) is 8.15. The number of hydrogen-bond donors (Lipinski definition) is 0. The Hall–Kier alpha value is -3.29. The van der Waals surface area contributed by atoms with Crippen molar-refractivity contribution in [2.75, 3.05) is 13.1 Å². The Kier molecular flexibility index (Phi) is 4.95. The lowest BCUT2D eigenvalue weighted by Gasteiger charge is -2.37. The summed E-state index contributed by atoms with van der Waals surface area (Å²) in [6.07, 6.45) is 0.569. The standard InChI is InChI=1S/C25H22N2O4S/c1-17-10-12-19(13-11-17)32(30,31)27-15-14-18-6-2-3-7-20(18)23(27)16-26-24(28)21-8-4-5-9-22(21)25(26)29/h2-13,23H,14-16H2,1H3/t23-/m0/s1. The monoisotopic (exact) mass is 446 g/mol. The van der Waals surface area contributed by atoms with Gasteiger partial charge in [-0.15, -0.1) is 0 Å². The number of aryl methyl sites for hydroxylation is 1. The van der Waals surface area contributed by atoms with E-state index < -0.39 is 16.1 Å². The first-order valence-electron chi connectivity index (χ1n) is 10.5. The molecule has 0 aliphatic carbocycles. The summed E-state index contributed by atoms with van der Waals surface area (Å²) in [5.74, 6) is -0.775. The second-order valence-corrected chi connectivity index (χ2v) is 10.1. The maximum atomic E-state index is 13.6. The van der Waals surface area contributed by atoms with Gasteiger partial charge in [0.05, 0.1) is 28.6 Å². The average molecular weight is 447 g/mol. The number of sulfonamides is 1. The van der Waals surface area contributed by atoms with Crippen molar-refractivity contribution in [2.45, 2.75) is 24.3 Å². The topological polar surface area (TPSA) is 74.8 Å². The molecule has 3 aromatic carbocycles. The van der Waals surface area contributed by atoms with Crippen molar-refractivity contribution in [3.05, 3.63) is 101 Å². The maximum absolute atomic E-state index is 13.6. The molecule has 7 heteroatoms. The highest BCUT2D eigenvalue weighted by Crippen LogP contribution is 2.36. The van der Waals surface area contributed by atoms with E-state index in [0.717, 1.165) is 16.7 Å². The van der Waals surface area contributed by atoms with Gasteiger partial charge in [-0.25, -0.2) is 8.42 Å². The molecule has 2 aliphatic rings. The van der Waals surface area contributed by atoms with E-state index >= 15 is 0 Å². The van der Waals surface area contributed by atoms with Crippen LogP contribution in [0.4, 0.5) is 0 Å². The van der Waals surface area contributed by atoms with E-state index in [0.29, 0.717) is 17.5 Å². The number of imide groups is 1. The lowest BCUT2D eigenvalue weighted by molar-refractivity contribution is 0.0616.